The number of rotatable bonds is 2. The quantitative estimate of drug-likeness (QED) is 0.732. The Morgan fingerprint density at radius 2 is 1.87 bits per heavy atom. The van der Waals surface area contributed by atoms with Gasteiger partial charge < -0.3 is 10.1 Å². The average Bonchev–Trinajstić information content (AvgIpc) is 2.20. The molecule has 0 aliphatic rings. The second-order valence-corrected chi connectivity index (χ2v) is 2.84. The monoisotopic (exact) mass is 207 g/mol. The molecule has 2 N–H and O–H groups in total. The van der Waals surface area contributed by atoms with Crippen LogP contribution < -0.4 is 5.56 Å². The lowest BCUT2D eigenvalue weighted by Crippen LogP contribution is -2.08. The highest BCUT2D eigenvalue weighted by molar-refractivity contribution is 5.71. The topological polar surface area (TPSA) is 53.1 Å². The first-order valence-electron chi connectivity index (χ1n) is 4.80. The molecule has 0 bridgehead atoms. The van der Waals surface area contributed by atoms with Crippen LogP contribution in [0.5, 0.6) is 0 Å². The molecule has 0 spiro atoms. The molecule has 0 radical (unpaired) electrons. The van der Waals surface area contributed by atoms with E-state index in [2.05, 4.69) is 18.1 Å². The Morgan fingerprint density at radius 3 is 2.27 bits per heavy atom. The molecule has 15 heavy (non-hydrogen) atoms. The maximum atomic E-state index is 10.9. The van der Waals surface area contributed by atoms with Crippen molar-refractivity contribution in [3.05, 3.63) is 46.9 Å². The fraction of sp³-hybridized carbons (Fsp3) is 0.250. The van der Waals surface area contributed by atoms with E-state index in [0.29, 0.717) is 11.3 Å². The molecule has 0 saturated carbocycles. The molecule has 0 unspecified atom stereocenters. The van der Waals surface area contributed by atoms with E-state index in [1.807, 2.05) is 13.8 Å². The summed E-state index contributed by atoms with van der Waals surface area (Å²) in [5, 5.41) is 9.17. The van der Waals surface area contributed by atoms with E-state index in [4.69, 9.17) is 0 Å². The van der Waals surface area contributed by atoms with Gasteiger partial charge in [-0.3, -0.25) is 4.79 Å². The van der Waals surface area contributed by atoms with E-state index in [9.17, 15) is 9.90 Å². The van der Waals surface area contributed by atoms with Crippen molar-refractivity contribution in [2.24, 2.45) is 0 Å². The molecular weight excluding hydrogens is 190 g/mol. The summed E-state index contributed by atoms with van der Waals surface area (Å²) in [5.41, 5.74) is 1.53. The van der Waals surface area contributed by atoms with Crippen molar-refractivity contribution in [2.75, 3.05) is 0 Å². The Kier molecular flexibility index (Phi) is 5.16. The standard InChI is InChI=1S/C10H11NO2.C2H6/c1-6(2)8-4-5-9(13)11-10(8)7(3)12;1-2/h4-5,12H,1,3H2,2H3,(H,11,13);1-2H3. The van der Waals surface area contributed by atoms with Crippen molar-refractivity contribution < 1.29 is 5.11 Å². The lowest BCUT2D eigenvalue weighted by atomic mass is 10.1. The molecule has 0 aliphatic carbocycles. The molecule has 0 fully saturated rings. The summed E-state index contributed by atoms with van der Waals surface area (Å²) >= 11 is 0. The van der Waals surface area contributed by atoms with Crippen LogP contribution in [-0.2, 0) is 0 Å². The van der Waals surface area contributed by atoms with Gasteiger partial charge in [-0.05, 0) is 18.6 Å². The number of H-pyrrole nitrogens is 1. The molecule has 0 atom stereocenters. The Bertz CT molecular complexity index is 416. The summed E-state index contributed by atoms with van der Waals surface area (Å²) in [6.07, 6.45) is 0. The Labute approximate surface area is 89.8 Å². The van der Waals surface area contributed by atoms with E-state index < -0.39 is 0 Å². The minimum atomic E-state index is -0.268. The molecule has 0 amide bonds. The van der Waals surface area contributed by atoms with Crippen LogP contribution >= 0.6 is 0 Å². The molecular formula is C12H17NO2. The Hall–Kier alpha value is -1.77. The maximum absolute atomic E-state index is 10.9. The average molecular weight is 207 g/mol. The molecule has 1 aromatic heterocycles. The van der Waals surface area contributed by atoms with Gasteiger partial charge in [0, 0.05) is 11.6 Å². The van der Waals surface area contributed by atoms with Crippen LogP contribution in [0.1, 0.15) is 32.0 Å². The number of hydrogen-bond donors (Lipinski definition) is 2. The summed E-state index contributed by atoms with van der Waals surface area (Å²) in [7, 11) is 0. The molecule has 1 heterocycles. The van der Waals surface area contributed by atoms with Crippen molar-refractivity contribution in [3.63, 3.8) is 0 Å². The van der Waals surface area contributed by atoms with Gasteiger partial charge in [-0.15, -0.1) is 0 Å². The van der Waals surface area contributed by atoms with Crippen LogP contribution in [0.4, 0.5) is 0 Å². The number of aliphatic hydroxyl groups excluding tert-OH is 1. The smallest absolute Gasteiger partial charge is 0.248 e. The Balaban J connectivity index is 0.000000921. The zero-order chi connectivity index (χ0) is 12.0. The highest BCUT2D eigenvalue weighted by Gasteiger charge is 2.05. The molecule has 0 aromatic carbocycles. The van der Waals surface area contributed by atoms with Gasteiger partial charge in [0.2, 0.25) is 5.56 Å². The van der Waals surface area contributed by atoms with E-state index in [0.717, 1.165) is 5.57 Å². The molecule has 0 saturated heterocycles. The lowest BCUT2D eigenvalue weighted by Gasteiger charge is -2.06. The second-order valence-electron chi connectivity index (χ2n) is 2.84. The van der Waals surface area contributed by atoms with Crippen molar-refractivity contribution in [2.45, 2.75) is 20.8 Å². The van der Waals surface area contributed by atoms with Gasteiger partial charge in [0.05, 0.1) is 5.69 Å². The van der Waals surface area contributed by atoms with E-state index in [1.165, 1.54) is 6.07 Å². The first-order valence-corrected chi connectivity index (χ1v) is 4.80. The fourth-order valence-corrected chi connectivity index (χ4v) is 1.06. The Morgan fingerprint density at radius 1 is 1.33 bits per heavy atom. The molecule has 3 nitrogen and oxygen atoms in total. The molecule has 0 aliphatic heterocycles. The largest absolute Gasteiger partial charge is 0.506 e. The fourth-order valence-electron chi connectivity index (χ4n) is 1.06. The van der Waals surface area contributed by atoms with Crippen molar-refractivity contribution >= 4 is 11.3 Å². The van der Waals surface area contributed by atoms with Crippen molar-refractivity contribution in [1.29, 1.82) is 0 Å². The van der Waals surface area contributed by atoms with Gasteiger partial charge in [0.25, 0.3) is 0 Å². The van der Waals surface area contributed by atoms with Crippen molar-refractivity contribution in [3.8, 4) is 0 Å². The van der Waals surface area contributed by atoms with Crippen LogP contribution in [0.3, 0.4) is 0 Å². The van der Waals surface area contributed by atoms with Crippen LogP contribution in [0.25, 0.3) is 11.3 Å². The first-order chi connectivity index (χ1) is 7.02. The van der Waals surface area contributed by atoms with E-state index in [-0.39, 0.29) is 11.3 Å². The van der Waals surface area contributed by atoms with Crippen LogP contribution in [0.2, 0.25) is 0 Å². The minimum absolute atomic E-state index is 0.157. The summed E-state index contributed by atoms with van der Waals surface area (Å²) in [6.45, 7) is 12.9. The third kappa shape index (κ3) is 3.46. The van der Waals surface area contributed by atoms with Gasteiger partial charge in [-0.1, -0.05) is 27.0 Å². The third-order valence-corrected chi connectivity index (χ3v) is 1.67. The lowest BCUT2D eigenvalue weighted by molar-refractivity contribution is 0.510. The highest BCUT2D eigenvalue weighted by atomic mass is 16.3. The molecule has 1 aromatic rings. The summed E-state index contributed by atoms with van der Waals surface area (Å²) < 4.78 is 0. The second kappa shape index (κ2) is 5.86. The molecule has 3 heteroatoms. The van der Waals surface area contributed by atoms with Gasteiger partial charge in [-0.2, -0.15) is 0 Å². The third-order valence-electron chi connectivity index (χ3n) is 1.67. The predicted octanol–water partition coefficient (Wildman–Crippen LogP) is 2.96. The molecule has 82 valence electrons. The minimum Gasteiger partial charge on any atom is -0.506 e. The number of nitrogens with one attached hydrogen (secondary N) is 1. The zero-order valence-corrected chi connectivity index (χ0v) is 9.42. The summed E-state index contributed by atoms with van der Waals surface area (Å²) in [5.74, 6) is -0.157. The van der Waals surface area contributed by atoms with E-state index in [1.54, 1.807) is 13.0 Å². The van der Waals surface area contributed by atoms with Crippen LogP contribution in [0, 0.1) is 0 Å². The number of pyridine rings is 1. The number of aromatic amines is 1. The van der Waals surface area contributed by atoms with Gasteiger partial charge >= 0.3 is 0 Å². The summed E-state index contributed by atoms with van der Waals surface area (Å²) in [6, 6.07) is 2.99. The van der Waals surface area contributed by atoms with Crippen molar-refractivity contribution in [1.82, 2.24) is 4.98 Å². The summed E-state index contributed by atoms with van der Waals surface area (Å²) in [4.78, 5) is 13.4. The predicted molar refractivity (Wildman–Crippen MR) is 64.8 cm³/mol. The SMILES string of the molecule is C=C(C)c1ccc(=O)[nH]c1C(=C)O.CC. The number of aromatic nitrogens is 1. The van der Waals surface area contributed by atoms with Crippen LogP contribution in [0.15, 0.2) is 30.1 Å². The first kappa shape index (κ1) is 13.2. The zero-order valence-electron chi connectivity index (χ0n) is 9.42. The highest BCUT2D eigenvalue weighted by Crippen LogP contribution is 2.17. The van der Waals surface area contributed by atoms with Gasteiger partial charge in [0.15, 0.2) is 0 Å². The van der Waals surface area contributed by atoms with E-state index >= 15 is 0 Å². The van der Waals surface area contributed by atoms with Gasteiger partial charge in [0.1, 0.15) is 5.76 Å². The normalized spacial score (nSPS) is 8.73. The maximum Gasteiger partial charge on any atom is 0.248 e. The number of aliphatic hydroxyl groups is 1. The number of hydrogen-bond acceptors (Lipinski definition) is 2. The molecule has 1 rings (SSSR count). The number of allylic oxidation sites excluding steroid dienone is 1. The van der Waals surface area contributed by atoms with Gasteiger partial charge in [-0.25, -0.2) is 0 Å². The van der Waals surface area contributed by atoms with Crippen LogP contribution in [-0.4, -0.2) is 10.1 Å².